The number of hydrogen-bond acceptors (Lipinski definition) is 6. The van der Waals surface area contributed by atoms with Crippen molar-refractivity contribution in [3.05, 3.63) is 60.7 Å². The van der Waals surface area contributed by atoms with Gasteiger partial charge in [-0.3, -0.25) is 4.98 Å². The predicted molar refractivity (Wildman–Crippen MR) is 132 cm³/mol. The van der Waals surface area contributed by atoms with Crippen LogP contribution in [0.15, 0.2) is 49.4 Å². The average molecular weight is 440 g/mol. The molecule has 2 aliphatic rings. The molecule has 0 saturated heterocycles. The van der Waals surface area contributed by atoms with Crippen molar-refractivity contribution in [2.45, 2.75) is 51.1 Å². The van der Waals surface area contributed by atoms with Crippen molar-refractivity contribution in [3.63, 3.8) is 0 Å². The molecule has 0 aromatic carbocycles. The number of rotatable bonds is 4. The highest BCUT2D eigenvalue weighted by Gasteiger charge is 2.25. The average Bonchev–Trinajstić information content (AvgIpc) is 3.18. The van der Waals surface area contributed by atoms with Gasteiger partial charge in [0.2, 0.25) is 5.95 Å². The molecule has 1 saturated carbocycles. The van der Waals surface area contributed by atoms with Gasteiger partial charge in [-0.15, -0.1) is 6.58 Å². The lowest BCUT2D eigenvalue weighted by atomic mass is 9.86. The zero-order valence-electron chi connectivity index (χ0n) is 19.0. The van der Waals surface area contributed by atoms with Crippen molar-refractivity contribution >= 4 is 33.7 Å². The van der Waals surface area contributed by atoms with Gasteiger partial charge < -0.3 is 15.2 Å². The molecule has 4 aromatic rings. The summed E-state index contributed by atoms with van der Waals surface area (Å²) in [6, 6.07) is 6.64. The van der Waals surface area contributed by atoms with Gasteiger partial charge in [0.25, 0.3) is 0 Å². The van der Waals surface area contributed by atoms with E-state index in [0.717, 1.165) is 72.2 Å². The summed E-state index contributed by atoms with van der Waals surface area (Å²) in [4.78, 5) is 18.9. The number of pyridine rings is 2. The summed E-state index contributed by atoms with van der Waals surface area (Å²) in [7, 11) is 0. The van der Waals surface area contributed by atoms with E-state index in [2.05, 4.69) is 56.9 Å². The Morgan fingerprint density at radius 1 is 1.09 bits per heavy atom. The van der Waals surface area contributed by atoms with Gasteiger partial charge in [0.05, 0.1) is 17.4 Å². The van der Waals surface area contributed by atoms with Gasteiger partial charge >= 0.3 is 0 Å². The zero-order chi connectivity index (χ0) is 22.4. The first-order valence-electron chi connectivity index (χ1n) is 11.9. The monoisotopic (exact) mass is 439 g/mol. The number of anilines is 2. The number of fused-ring (bicyclic) bond motifs is 4. The lowest BCUT2D eigenvalue weighted by Gasteiger charge is -2.28. The van der Waals surface area contributed by atoms with Crippen molar-refractivity contribution in [3.8, 4) is 0 Å². The van der Waals surface area contributed by atoms with E-state index in [1.165, 1.54) is 5.56 Å². The highest BCUT2D eigenvalue weighted by Crippen LogP contribution is 2.38. The lowest BCUT2D eigenvalue weighted by Crippen LogP contribution is -2.27. The molecule has 4 aromatic heterocycles. The molecule has 1 aliphatic carbocycles. The molecule has 2 N–H and O–H groups in total. The highest BCUT2D eigenvalue weighted by atomic mass is 15.2. The van der Waals surface area contributed by atoms with Crippen LogP contribution < -0.4 is 10.6 Å². The number of aromatic nitrogens is 5. The smallest absolute Gasteiger partial charge is 0.230 e. The van der Waals surface area contributed by atoms with E-state index in [1.54, 1.807) is 0 Å². The summed E-state index contributed by atoms with van der Waals surface area (Å²) in [6.45, 7) is 8.03. The third-order valence-electron chi connectivity index (χ3n) is 7.27. The van der Waals surface area contributed by atoms with Crippen LogP contribution in [0.25, 0.3) is 21.9 Å². The maximum absolute atomic E-state index is 4.99. The van der Waals surface area contributed by atoms with Crippen LogP contribution in [0.3, 0.4) is 0 Å². The Morgan fingerprint density at radius 3 is 2.82 bits per heavy atom. The summed E-state index contributed by atoms with van der Waals surface area (Å²) >= 11 is 0. The highest BCUT2D eigenvalue weighted by molar-refractivity contribution is 6.06. The van der Waals surface area contributed by atoms with Gasteiger partial charge in [-0.05, 0) is 49.3 Å². The fourth-order valence-electron chi connectivity index (χ4n) is 5.48. The third-order valence-corrected chi connectivity index (χ3v) is 7.27. The summed E-state index contributed by atoms with van der Waals surface area (Å²) < 4.78 is 2.39. The second kappa shape index (κ2) is 8.23. The van der Waals surface area contributed by atoms with Crippen LogP contribution in [0.2, 0.25) is 0 Å². The van der Waals surface area contributed by atoms with Crippen molar-refractivity contribution in [2.24, 2.45) is 5.92 Å². The molecule has 1 atom stereocenters. The van der Waals surface area contributed by atoms with Gasteiger partial charge in [-0.2, -0.15) is 4.98 Å². The third kappa shape index (κ3) is 3.56. The Labute approximate surface area is 193 Å². The second-order valence-electron chi connectivity index (χ2n) is 9.40. The summed E-state index contributed by atoms with van der Waals surface area (Å²) in [5, 5.41) is 9.03. The summed E-state index contributed by atoms with van der Waals surface area (Å²) in [5.74, 6) is 2.37. The summed E-state index contributed by atoms with van der Waals surface area (Å²) in [6.07, 6.45) is 12.4. The van der Waals surface area contributed by atoms with Gasteiger partial charge in [-0.25, -0.2) is 9.97 Å². The molecule has 7 heteroatoms. The van der Waals surface area contributed by atoms with Crippen LogP contribution >= 0.6 is 0 Å². The molecule has 7 nitrogen and oxygen atoms in total. The van der Waals surface area contributed by atoms with Gasteiger partial charge in [0, 0.05) is 48.2 Å². The molecule has 0 bridgehead atoms. The largest absolute Gasteiger partial charge is 0.321 e. The van der Waals surface area contributed by atoms with E-state index in [0.29, 0.717) is 23.8 Å². The van der Waals surface area contributed by atoms with Crippen LogP contribution in [0.4, 0.5) is 11.8 Å². The number of nitrogens with one attached hydrogen (secondary N) is 2. The van der Waals surface area contributed by atoms with Crippen molar-refractivity contribution in [1.82, 2.24) is 29.8 Å². The molecule has 0 radical (unpaired) electrons. The van der Waals surface area contributed by atoms with E-state index in [1.807, 2.05) is 24.7 Å². The zero-order valence-corrected chi connectivity index (χ0v) is 19.0. The molecule has 0 amide bonds. The fourth-order valence-corrected chi connectivity index (χ4v) is 5.48. The minimum Gasteiger partial charge on any atom is -0.321 e. The Balaban J connectivity index is 1.40. The van der Waals surface area contributed by atoms with Gasteiger partial charge in [0.15, 0.2) is 0 Å². The molecule has 6 rings (SSSR count). The Hall–Kier alpha value is -3.32. The van der Waals surface area contributed by atoms with Crippen LogP contribution in [0.1, 0.15) is 55.8 Å². The Kier molecular flexibility index (Phi) is 5.06. The molecule has 1 aliphatic heterocycles. The maximum atomic E-state index is 4.99. The van der Waals surface area contributed by atoms with E-state index < -0.39 is 0 Å². The van der Waals surface area contributed by atoms with Crippen LogP contribution in [-0.4, -0.2) is 31.0 Å². The molecule has 0 unspecified atom stereocenters. The fraction of sp³-hybridized carbons (Fsp3) is 0.385. The Bertz CT molecular complexity index is 1330. The summed E-state index contributed by atoms with van der Waals surface area (Å²) in [5.41, 5.74) is 4.51. The molecular weight excluding hydrogens is 410 g/mol. The van der Waals surface area contributed by atoms with Gasteiger partial charge in [0.1, 0.15) is 11.5 Å². The molecular formula is C26H29N7. The van der Waals surface area contributed by atoms with Crippen molar-refractivity contribution in [2.75, 3.05) is 11.9 Å². The van der Waals surface area contributed by atoms with Crippen LogP contribution in [-0.2, 0) is 6.54 Å². The quantitative estimate of drug-likeness (QED) is 0.423. The molecule has 1 fully saturated rings. The second-order valence-corrected chi connectivity index (χ2v) is 9.40. The van der Waals surface area contributed by atoms with E-state index >= 15 is 0 Å². The molecule has 5 heterocycles. The normalized spacial score (nSPS) is 22.9. The van der Waals surface area contributed by atoms with Crippen molar-refractivity contribution in [1.29, 1.82) is 0 Å². The first-order valence-corrected chi connectivity index (χ1v) is 11.9. The minimum atomic E-state index is 0.389. The Morgan fingerprint density at radius 2 is 1.97 bits per heavy atom. The predicted octanol–water partition coefficient (Wildman–Crippen LogP) is 5.24. The topological polar surface area (TPSA) is 80.5 Å². The van der Waals surface area contributed by atoms with E-state index in [9.17, 15) is 0 Å². The van der Waals surface area contributed by atoms with Crippen LogP contribution in [0, 0.1) is 5.92 Å². The molecule has 168 valence electrons. The van der Waals surface area contributed by atoms with Gasteiger partial charge in [-0.1, -0.05) is 19.1 Å². The lowest BCUT2D eigenvalue weighted by molar-refractivity contribution is 0.318. The molecule has 0 spiro atoms. The SMILES string of the molecule is C=CC1CCC(n2c3cnccc3c3cnc(Nc4ccc5c(n4)[C@@H](C)CNC5)nc32)CC1. The number of hydrogen-bond donors (Lipinski definition) is 2. The number of nitrogens with zero attached hydrogens (tertiary/aromatic N) is 5. The van der Waals surface area contributed by atoms with Crippen LogP contribution in [0.5, 0.6) is 0 Å². The van der Waals surface area contributed by atoms with E-state index in [-0.39, 0.29) is 0 Å². The number of allylic oxidation sites excluding steroid dienone is 1. The first-order chi connectivity index (χ1) is 16.2. The standard InChI is InChI=1S/C26H29N7/c1-3-17-4-7-19(8-5-17)33-22-15-27-11-10-20(22)21-14-29-26(32-25(21)33)31-23-9-6-18-13-28-12-16(2)24(18)30-23/h3,6,9-11,14-17,19,28H,1,4-5,7-8,12-13H2,2H3,(H,29,30,31,32)/t16-,17?,19?/m0/s1. The first kappa shape index (κ1) is 20.3. The maximum Gasteiger partial charge on any atom is 0.230 e. The minimum absolute atomic E-state index is 0.389. The van der Waals surface area contributed by atoms with E-state index in [4.69, 9.17) is 9.97 Å². The molecule has 33 heavy (non-hydrogen) atoms. The van der Waals surface area contributed by atoms with Crippen molar-refractivity contribution < 1.29 is 0 Å².